The van der Waals surface area contributed by atoms with E-state index in [1.807, 2.05) is 30.3 Å². The van der Waals surface area contributed by atoms with E-state index in [1.165, 1.54) is 6.92 Å². The molecule has 1 atom stereocenters. The average Bonchev–Trinajstić information content (AvgIpc) is 2.99. The lowest BCUT2D eigenvalue weighted by molar-refractivity contribution is -0.140. The van der Waals surface area contributed by atoms with E-state index in [1.54, 1.807) is 0 Å². The van der Waals surface area contributed by atoms with Gasteiger partial charge in [0, 0.05) is 6.92 Å². The first-order valence-electron chi connectivity index (χ1n) is 7.39. The van der Waals surface area contributed by atoms with Gasteiger partial charge in [0.05, 0.1) is 6.61 Å². The van der Waals surface area contributed by atoms with Crippen LogP contribution in [0.15, 0.2) is 30.3 Å². The van der Waals surface area contributed by atoms with Crippen LogP contribution in [0.5, 0.6) is 0 Å². The fourth-order valence-electron chi connectivity index (χ4n) is 2.74. The second-order valence-electron chi connectivity index (χ2n) is 5.46. The maximum Gasteiger partial charge on any atom is 0.266 e. The molecule has 5 heteroatoms. The lowest BCUT2D eigenvalue weighted by atomic mass is 9.97. The Morgan fingerprint density at radius 3 is 2.52 bits per heavy atom. The highest BCUT2D eigenvalue weighted by Crippen LogP contribution is 2.27. The molecule has 0 heterocycles. The van der Waals surface area contributed by atoms with Crippen molar-refractivity contribution in [1.82, 2.24) is 10.8 Å². The number of hydrogen-bond donors (Lipinski definition) is 2. The van der Waals surface area contributed by atoms with Crippen LogP contribution >= 0.6 is 0 Å². The van der Waals surface area contributed by atoms with E-state index in [9.17, 15) is 9.59 Å². The van der Waals surface area contributed by atoms with Gasteiger partial charge in [0.1, 0.15) is 6.04 Å². The minimum atomic E-state index is -0.499. The first-order chi connectivity index (χ1) is 10.2. The van der Waals surface area contributed by atoms with Gasteiger partial charge in [-0.3, -0.25) is 14.4 Å². The number of amides is 2. The molecular weight excluding hydrogens is 268 g/mol. The van der Waals surface area contributed by atoms with Gasteiger partial charge in [0.25, 0.3) is 5.91 Å². The standard InChI is InChI=1S/C16H22N2O3/c1-12(19)17-15(14-9-5-6-10-14)16(20)18-21-11-13-7-3-2-4-8-13/h2-4,7-8,14-15H,5-6,9-11H2,1H3,(H,17,19)(H,18,20). The minimum absolute atomic E-state index is 0.190. The van der Waals surface area contributed by atoms with Crippen LogP contribution in [0.4, 0.5) is 0 Å². The second-order valence-corrected chi connectivity index (χ2v) is 5.46. The largest absolute Gasteiger partial charge is 0.344 e. The molecule has 1 fully saturated rings. The molecule has 5 nitrogen and oxygen atoms in total. The Bertz CT molecular complexity index is 470. The van der Waals surface area contributed by atoms with Gasteiger partial charge in [0.2, 0.25) is 5.91 Å². The topological polar surface area (TPSA) is 67.4 Å². The van der Waals surface area contributed by atoms with Crippen LogP contribution in [-0.2, 0) is 21.0 Å². The van der Waals surface area contributed by atoms with Crippen molar-refractivity contribution in [2.75, 3.05) is 0 Å². The quantitative estimate of drug-likeness (QED) is 0.787. The van der Waals surface area contributed by atoms with E-state index >= 15 is 0 Å². The van der Waals surface area contributed by atoms with Crippen molar-refractivity contribution in [3.05, 3.63) is 35.9 Å². The Kier molecular flexibility index (Phi) is 5.75. The lowest BCUT2D eigenvalue weighted by Gasteiger charge is -2.22. The maximum absolute atomic E-state index is 12.2. The van der Waals surface area contributed by atoms with Crippen LogP contribution in [-0.4, -0.2) is 17.9 Å². The van der Waals surface area contributed by atoms with Crippen molar-refractivity contribution < 1.29 is 14.4 Å². The monoisotopic (exact) mass is 290 g/mol. The molecule has 0 aliphatic heterocycles. The van der Waals surface area contributed by atoms with Gasteiger partial charge < -0.3 is 5.32 Å². The van der Waals surface area contributed by atoms with Gasteiger partial charge in [-0.25, -0.2) is 5.48 Å². The van der Waals surface area contributed by atoms with Crippen molar-refractivity contribution in [2.45, 2.75) is 45.3 Å². The molecule has 2 rings (SSSR count). The molecule has 2 N–H and O–H groups in total. The third-order valence-corrected chi connectivity index (χ3v) is 3.77. The second kappa shape index (κ2) is 7.78. The van der Waals surface area contributed by atoms with Crippen molar-refractivity contribution in [3.63, 3.8) is 0 Å². The van der Waals surface area contributed by atoms with Crippen LogP contribution in [0.25, 0.3) is 0 Å². The summed E-state index contributed by atoms with van der Waals surface area (Å²) in [5, 5.41) is 2.74. The van der Waals surface area contributed by atoms with Gasteiger partial charge in [-0.1, -0.05) is 43.2 Å². The van der Waals surface area contributed by atoms with E-state index in [0.717, 1.165) is 31.2 Å². The predicted octanol–water partition coefficient (Wildman–Crippen LogP) is 1.93. The molecule has 0 spiro atoms. The highest BCUT2D eigenvalue weighted by Gasteiger charge is 2.31. The SMILES string of the molecule is CC(=O)NC(C(=O)NOCc1ccccc1)C1CCCC1. The lowest BCUT2D eigenvalue weighted by Crippen LogP contribution is -2.49. The third kappa shape index (κ3) is 4.86. The number of hydrogen-bond acceptors (Lipinski definition) is 3. The zero-order valence-electron chi connectivity index (χ0n) is 12.3. The Morgan fingerprint density at radius 1 is 1.24 bits per heavy atom. The van der Waals surface area contributed by atoms with Crippen LogP contribution in [0.2, 0.25) is 0 Å². The Labute approximate surface area is 125 Å². The summed E-state index contributed by atoms with van der Waals surface area (Å²) >= 11 is 0. The van der Waals surface area contributed by atoms with E-state index in [4.69, 9.17) is 4.84 Å². The Hall–Kier alpha value is -1.88. The number of rotatable bonds is 6. The summed E-state index contributed by atoms with van der Waals surface area (Å²) in [6.45, 7) is 1.74. The summed E-state index contributed by atoms with van der Waals surface area (Å²) in [4.78, 5) is 28.7. The Balaban J connectivity index is 1.84. The molecule has 1 saturated carbocycles. The minimum Gasteiger partial charge on any atom is -0.344 e. The fraction of sp³-hybridized carbons (Fsp3) is 0.500. The van der Waals surface area contributed by atoms with Crippen molar-refractivity contribution in [3.8, 4) is 0 Å². The molecule has 0 radical (unpaired) electrons. The highest BCUT2D eigenvalue weighted by atomic mass is 16.6. The van der Waals surface area contributed by atoms with E-state index < -0.39 is 6.04 Å². The molecule has 1 aromatic rings. The number of benzene rings is 1. The highest BCUT2D eigenvalue weighted by molar-refractivity contribution is 5.86. The summed E-state index contributed by atoms with van der Waals surface area (Å²) in [6.07, 6.45) is 4.16. The van der Waals surface area contributed by atoms with E-state index in [2.05, 4.69) is 10.8 Å². The zero-order valence-corrected chi connectivity index (χ0v) is 12.3. The molecule has 0 aromatic heterocycles. The smallest absolute Gasteiger partial charge is 0.266 e. The molecule has 1 aromatic carbocycles. The van der Waals surface area contributed by atoms with Gasteiger partial charge in [-0.2, -0.15) is 0 Å². The normalized spacial score (nSPS) is 16.4. The van der Waals surface area contributed by atoms with Gasteiger partial charge >= 0.3 is 0 Å². The summed E-state index contributed by atoms with van der Waals surface area (Å²) in [7, 11) is 0. The molecule has 1 aliphatic rings. The van der Waals surface area contributed by atoms with Crippen LogP contribution in [0.1, 0.15) is 38.2 Å². The summed E-state index contributed by atoms with van der Waals surface area (Å²) < 4.78 is 0. The zero-order chi connectivity index (χ0) is 15.1. The van der Waals surface area contributed by atoms with Crippen LogP contribution in [0, 0.1) is 5.92 Å². The molecule has 2 amide bonds. The molecule has 1 aliphatic carbocycles. The van der Waals surface area contributed by atoms with Crippen molar-refractivity contribution in [2.24, 2.45) is 5.92 Å². The molecule has 21 heavy (non-hydrogen) atoms. The average molecular weight is 290 g/mol. The van der Waals surface area contributed by atoms with Crippen LogP contribution in [0.3, 0.4) is 0 Å². The van der Waals surface area contributed by atoms with Gasteiger partial charge in [-0.15, -0.1) is 0 Å². The van der Waals surface area contributed by atoms with Crippen molar-refractivity contribution in [1.29, 1.82) is 0 Å². The predicted molar refractivity (Wildman–Crippen MR) is 78.9 cm³/mol. The van der Waals surface area contributed by atoms with Crippen LogP contribution < -0.4 is 10.8 Å². The number of carbonyl (C=O) groups excluding carboxylic acids is 2. The number of carbonyl (C=O) groups is 2. The molecule has 0 bridgehead atoms. The summed E-state index contributed by atoms with van der Waals surface area (Å²) in [5.41, 5.74) is 3.44. The molecule has 114 valence electrons. The molecule has 0 saturated heterocycles. The number of nitrogens with one attached hydrogen (secondary N) is 2. The van der Waals surface area contributed by atoms with Gasteiger partial charge in [0.15, 0.2) is 0 Å². The molecular formula is C16H22N2O3. The maximum atomic E-state index is 12.2. The van der Waals surface area contributed by atoms with E-state index in [-0.39, 0.29) is 17.7 Å². The van der Waals surface area contributed by atoms with Gasteiger partial charge in [-0.05, 0) is 24.3 Å². The summed E-state index contributed by atoms with van der Waals surface area (Å²) in [5.74, 6) is -0.257. The first kappa shape index (κ1) is 15.5. The van der Waals surface area contributed by atoms with E-state index in [0.29, 0.717) is 6.61 Å². The third-order valence-electron chi connectivity index (χ3n) is 3.77. The summed E-state index contributed by atoms with van der Waals surface area (Å²) in [6, 6.07) is 9.11. The Morgan fingerprint density at radius 2 is 1.90 bits per heavy atom. The van der Waals surface area contributed by atoms with Crippen molar-refractivity contribution >= 4 is 11.8 Å². The fourth-order valence-corrected chi connectivity index (χ4v) is 2.74. The molecule has 1 unspecified atom stereocenters. The number of hydroxylamine groups is 1. The first-order valence-corrected chi connectivity index (χ1v) is 7.39.